The average molecular weight is 240 g/mol. The molecule has 0 fully saturated rings. The summed E-state index contributed by atoms with van der Waals surface area (Å²) in [6.07, 6.45) is 3.89. The van der Waals surface area contributed by atoms with Crippen LogP contribution in [0.15, 0.2) is 36.7 Å². The summed E-state index contributed by atoms with van der Waals surface area (Å²) < 4.78 is 1.81. The molecule has 2 aromatic rings. The fraction of sp³-hybridized carbons (Fsp3) is 0.286. The molecule has 0 aliphatic carbocycles. The Morgan fingerprint density at radius 3 is 2.78 bits per heavy atom. The van der Waals surface area contributed by atoms with Crippen molar-refractivity contribution in [1.82, 2.24) is 14.7 Å². The highest BCUT2D eigenvalue weighted by atomic mass is 15.2. The van der Waals surface area contributed by atoms with Crippen LogP contribution in [-0.4, -0.2) is 21.7 Å². The lowest BCUT2D eigenvalue weighted by atomic mass is 10.1. The molecule has 0 radical (unpaired) electrons. The highest BCUT2D eigenvalue weighted by Gasteiger charge is 2.04. The van der Waals surface area contributed by atoms with Crippen LogP contribution >= 0.6 is 0 Å². The minimum atomic E-state index is 0.710. The lowest BCUT2D eigenvalue weighted by molar-refractivity contribution is 0.319. The van der Waals surface area contributed by atoms with Gasteiger partial charge in [0.15, 0.2) is 0 Å². The molecule has 1 aromatic heterocycles. The third-order valence-electron chi connectivity index (χ3n) is 2.72. The second kappa shape index (κ2) is 5.48. The standard InChI is InChI=1S/C14H16N4/c1-17(10-14-8-16-18(2)11-14)9-13-5-3-4-12(6-13)7-15/h3-6,8,11H,9-10H2,1-2H3. The Kier molecular flexibility index (Phi) is 3.75. The molecule has 4 heteroatoms. The molecule has 1 heterocycles. The van der Waals surface area contributed by atoms with Gasteiger partial charge >= 0.3 is 0 Å². The molecule has 0 amide bonds. The third kappa shape index (κ3) is 3.19. The van der Waals surface area contributed by atoms with E-state index in [2.05, 4.69) is 23.1 Å². The topological polar surface area (TPSA) is 44.9 Å². The van der Waals surface area contributed by atoms with Crippen molar-refractivity contribution in [2.45, 2.75) is 13.1 Å². The molecular weight excluding hydrogens is 224 g/mol. The maximum atomic E-state index is 8.86. The highest BCUT2D eigenvalue weighted by molar-refractivity contribution is 5.32. The van der Waals surface area contributed by atoms with E-state index in [9.17, 15) is 0 Å². The van der Waals surface area contributed by atoms with Crippen molar-refractivity contribution in [3.8, 4) is 6.07 Å². The van der Waals surface area contributed by atoms with Crippen molar-refractivity contribution in [3.05, 3.63) is 53.3 Å². The first kappa shape index (κ1) is 12.3. The molecule has 1 aromatic carbocycles. The van der Waals surface area contributed by atoms with E-state index in [-0.39, 0.29) is 0 Å². The van der Waals surface area contributed by atoms with Crippen LogP contribution in [0.1, 0.15) is 16.7 Å². The number of benzene rings is 1. The van der Waals surface area contributed by atoms with Gasteiger partial charge in [-0.3, -0.25) is 9.58 Å². The van der Waals surface area contributed by atoms with E-state index in [0.717, 1.165) is 18.7 Å². The van der Waals surface area contributed by atoms with E-state index in [1.807, 2.05) is 43.7 Å². The molecule has 2 rings (SSSR count). The zero-order valence-electron chi connectivity index (χ0n) is 10.7. The molecule has 0 spiro atoms. The Morgan fingerprint density at radius 2 is 2.11 bits per heavy atom. The first-order valence-electron chi connectivity index (χ1n) is 5.82. The molecule has 0 N–H and O–H groups in total. The highest BCUT2D eigenvalue weighted by Crippen LogP contribution is 2.09. The van der Waals surface area contributed by atoms with Crippen LogP contribution in [0.3, 0.4) is 0 Å². The fourth-order valence-electron chi connectivity index (χ4n) is 1.97. The Labute approximate surface area is 107 Å². The second-order valence-corrected chi connectivity index (χ2v) is 4.51. The summed E-state index contributed by atoms with van der Waals surface area (Å²) in [5, 5.41) is 13.0. The number of rotatable bonds is 4. The Bertz CT molecular complexity index is 565. The molecule has 92 valence electrons. The van der Waals surface area contributed by atoms with Crippen LogP contribution in [0.2, 0.25) is 0 Å². The first-order chi connectivity index (χ1) is 8.67. The third-order valence-corrected chi connectivity index (χ3v) is 2.72. The van der Waals surface area contributed by atoms with Crippen LogP contribution in [0.25, 0.3) is 0 Å². The van der Waals surface area contributed by atoms with Crippen LogP contribution in [0.5, 0.6) is 0 Å². The summed E-state index contributed by atoms with van der Waals surface area (Å²) in [6, 6.07) is 9.88. The van der Waals surface area contributed by atoms with Crippen molar-refractivity contribution in [1.29, 1.82) is 5.26 Å². The summed E-state index contributed by atoms with van der Waals surface area (Å²) in [5.41, 5.74) is 3.05. The molecular formula is C14H16N4. The molecule has 0 unspecified atom stereocenters. The van der Waals surface area contributed by atoms with Gasteiger partial charge in [-0.2, -0.15) is 10.4 Å². The van der Waals surface area contributed by atoms with Gasteiger partial charge in [0.05, 0.1) is 17.8 Å². The van der Waals surface area contributed by atoms with Gasteiger partial charge in [-0.25, -0.2) is 0 Å². The summed E-state index contributed by atoms with van der Waals surface area (Å²) in [5.74, 6) is 0. The predicted molar refractivity (Wildman–Crippen MR) is 69.5 cm³/mol. The van der Waals surface area contributed by atoms with Gasteiger partial charge in [0.2, 0.25) is 0 Å². The summed E-state index contributed by atoms with van der Waals surface area (Å²) in [7, 11) is 3.98. The number of nitrogens with zero attached hydrogens (tertiary/aromatic N) is 4. The normalized spacial score (nSPS) is 10.6. The van der Waals surface area contributed by atoms with Crippen molar-refractivity contribution in [2.75, 3.05) is 7.05 Å². The number of hydrogen-bond acceptors (Lipinski definition) is 3. The van der Waals surface area contributed by atoms with Gasteiger partial charge < -0.3 is 0 Å². The zero-order valence-corrected chi connectivity index (χ0v) is 10.7. The minimum absolute atomic E-state index is 0.710. The zero-order chi connectivity index (χ0) is 13.0. The van der Waals surface area contributed by atoms with Gasteiger partial charge in [0.1, 0.15) is 0 Å². The molecule has 18 heavy (non-hydrogen) atoms. The van der Waals surface area contributed by atoms with E-state index in [1.54, 1.807) is 4.68 Å². The quantitative estimate of drug-likeness (QED) is 0.820. The van der Waals surface area contributed by atoms with Gasteiger partial charge in [-0.05, 0) is 24.7 Å². The van der Waals surface area contributed by atoms with Crippen molar-refractivity contribution in [2.24, 2.45) is 7.05 Å². The smallest absolute Gasteiger partial charge is 0.0991 e. The van der Waals surface area contributed by atoms with Gasteiger partial charge in [0.25, 0.3) is 0 Å². The Hall–Kier alpha value is -2.12. The summed E-state index contributed by atoms with van der Waals surface area (Å²) >= 11 is 0. The first-order valence-corrected chi connectivity index (χ1v) is 5.82. The van der Waals surface area contributed by atoms with Crippen LogP contribution in [-0.2, 0) is 20.1 Å². The van der Waals surface area contributed by atoms with E-state index >= 15 is 0 Å². The van der Waals surface area contributed by atoms with Gasteiger partial charge in [-0.1, -0.05) is 12.1 Å². The summed E-state index contributed by atoms with van der Waals surface area (Å²) in [4.78, 5) is 2.20. The lowest BCUT2D eigenvalue weighted by Crippen LogP contribution is -2.16. The van der Waals surface area contributed by atoms with E-state index in [1.165, 1.54) is 5.56 Å². The van der Waals surface area contributed by atoms with E-state index in [4.69, 9.17) is 5.26 Å². The molecule has 0 saturated heterocycles. The monoisotopic (exact) mass is 240 g/mol. The number of hydrogen-bond donors (Lipinski definition) is 0. The molecule has 0 bridgehead atoms. The Balaban J connectivity index is 1.98. The molecule has 0 aliphatic heterocycles. The predicted octanol–water partition coefficient (Wildman–Crippen LogP) is 1.92. The molecule has 4 nitrogen and oxygen atoms in total. The van der Waals surface area contributed by atoms with Crippen molar-refractivity contribution in [3.63, 3.8) is 0 Å². The Morgan fingerprint density at radius 1 is 1.33 bits per heavy atom. The lowest BCUT2D eigenvalue weighted by Gasteiger charge is -2.15. The van der Waals surface area contributed by atoms with Crippen molar-refractivity contribution < 1.29 is 0 Å². The number of aryl methyl sites for hydroxylation is 1. The van der Waals surface area contributed by atoms with Crippen LogP contribution < -0.4 is 0 Å². The fourth-order valence-corrected chi connectivity index (χ4v) is 1.97. The molecule has 0 saturated carbocycles. The van der Waals surface area contributed by atoms with E-state index in [0.29, 0.717) is 5.56 Å². The maximum Gasteiger partial charge on any atom is 0.0991 e. The minimum Gasteiger partial charge on any atom is -0.298 e. The maximum absolute atomic E-state index is 8.86. The average Bonchev–Trinajstić information content (AvgIpc) is 2.74. The van der Waals surface area contributed by atoms with Gasteiger partial charge in [-0.15, -0.1) is 0 Å². The summed E-state index contributed by atoms with van der Waals surface area (Å²) in [6.45, 7) is 1.68. The number of aromatic nitrogens is 2. The second-order valence-electron chi connectivity index (χ2n) is 4.51. The molecule has 0 atom stereocenters. The van der Waals surface area contributed by atoms with Gasteiger partial charge in [0, 0.05) is 31.9 Å². The van der Waals surface area contributed by atoms with E-state index < -0.39 is 0 Å². The SMILES string of the molecule is CN(Cc1cccc(C#N)c1)Cc1cnn(C)c1. The van der Waals surface area contributed by atoms with Crippen LogP contribution in [0.4, 0.5) is 0 Å². The molecule has 0 aliphatic rings. The van der Waals surface area contributed by atoms with Crippen molar-refractivity contribution >= 4 is 0 Å². The largest absolute Gasteiger partial charge is 0.298 e. The van der Waals surface area contributed by atoms with Crippen LogP contribution in [0, 0.1) is 11.3 Å². The number of nitriles is 1.